The smallest absolute Gasteiger partial charge is 0.243 e. The summed E-state index contributed by atoms with van der Waals surface area (Å²) >= 11 is 6.88. The normalized spacial score (nSPS) is 15.7. The molecule has 0 unspecified atom stereocenters. The second-order valence-corrected chi connectivity index (χ2v) is 11.3. The highest BCUT2D eigenvalue weighted by atomic mass is 32.2. The van der Waals surface area contributed by atoms with Crippen LogP contribution >= 0.6 is 23.6 Å². The molecule has 4 rings (SSSR count). The molecule has 0 atom stereocenters. The Morgan fingerprint density at radius 1 is 1.06 bits per heavy atom. The topological polar surface area (TPSA) is 70.5 Å². The van der Waals surface area contributed by atoms with Crippen molar-refractivity contribution >= 4 is 44.4 Å². The molecule has 1 aliphatic heterocycles. The third-order valence-corrected chi connectivity index (χ3v) is 8.62. The zero-order valence-electron chi connectivity index (χ0n) is 17.8. The minimum atomic E-state index is -3.63. The molecule has 0 bridgehead atoms. The van der Waals surface area contributed by atoms with Gasteiger partial charge in [-0.3, -0.25) is 4.90 Å². The number of hydrogen-bond acceptors (Lipinski definition) is 7. The molecule has 170 valence electrons. The Labute approximate surface area is 196 Å². The van der Waals surface area contributed by atoms with Crippen molar-refractivity contribution in [1.29, 1.82) is 0 Å². The lowest BCUT2D eigenvalue weighted by Gasteiger charge is -2.33. The van der Waals surface area contributed by atoms with Crippen LogP contribution < -0.4 is 5.32 Å². The Hall–Kier alpha value is -2.18. The highest BCUT2D eigenvalue weighted by molar-refractivity contribution is 7.89. The molecule has 1 fully saturated rings. The molecule has 2 aromatic carbocycles. The van der Waals surface area contributed by atoms with Gasteiger partial charge in [-0.15, -0.1) is 5.10 Å². The first-order valence-electron chi connectivity index (χ1n) is 10.1. The van der Waals surface area contributed by atoms with E-state index in [1.165, 1.54) is 38.9 Å². The van der Waals surface area contributed by atoms with Crippen LogP contribution in [0.15, 0.2) is 47.4 Å². The van der Waals surface area contributed by atoms with Gasteiger partial charge in [0.05, 0.1) is 11.6 Å². The van der Waals surface area contributed by atoms with Crippen molar-refractivity contribution in [3.63, 3.8) is 0 Å². The number of piperazine rings is 1. The number of benzene rings is 2. The first-order chi connectivity index (χ1) is 15.2. The van der Waals surface area contributed by atoms with E-state index in [-0.39, 0.29) is 4.90 Å². The van der Waals surface area contributed by atoms with Crippen LogP contribution in [0.25, 0.3) is 0 Å². The van der Waals surface area contributed by atoms with E-state index in [9.17, 15) is 12.8 Å². The van der Waals surface area contributed by atoms with Crippen molar-refractivity contribution in [2.75, 3.05) is 31.5 Å². The summed E-state index contributed by atoms with van der Waals surface area (Å²) in [5.74, 6) is -0.458. The Morgan fingerprint density at radius 3 is 2.41 bits per heavy atom. The Kier molecular flexibility index (Phi) is 6.72. The monoisotopic (exact) mass is 493 g/mol. The maximum atomic E-state index is 13.1. The molecule has 0 saturated carbocycles. The average Bonchev–Trinajstić information content (AvgIpc) is 3.10. The molecule has 1 aromatic heterocycles. The van der Waals surface area contributed by atoms with E-state index in [0.717, 1.165) is 23.0 Å². The first kappa shape index (κ1) is 23.0. The Bertz CT molecular complexity index is 1260. The molecule has 3 aromatic rings. The van der Waals surface area contributed by atoms with Crippen LogP contribution in [-0.2, 0) is 16.7 Å². The van der Waals surface area contributed by atoms with E-state index in [4.69, 9.17) is 12.2 Å². The molecule has 0 spiro atoms. The van der Waals surface area contributed by atoms with Crippen LogP contribution in [0.4, 0.5) is 15.2 Å². The van der Waals surface area contributed by atoms with Crippen molar-refractivity contribution < 1.29 is 12.8 Å². The molecule has 7 nitrogen and oxygen atoms in total. The summed E-state index contributed by atoms with van der Waals surface area (Å²) in [6.07, 6.45) is 0. The summed E-state index contributed by atoms with van der Waals surface area (Å²) in [5, 5.41) is 8.61. The third kappa shape index (κ3) is 5.07. The van der Waals surface area contributed by atoms with E-state index in [2.05, 4.69) is 41.3 Å². The number of halogens is 1. The summed E-state index contributed by atoms with van der Waals surface area (Å²) in [6.45, 7) is 6.45. The summed E-state index contributed by atoms with van der Waals surface area (Å²) < 4.78 is 42.5. The number of anilines is 2. The van der Waals surface area contributed by atoms with Crippen molar-refractivity contribution in [3.05, 3.63) is 63.4 Å². The van der Waals surface area contributed by atoms with E-state index >= 15 is 0 Å². The van der Waals surface area contributed by atoms with E-state index in [0.29, 0.717) is 36.8 Å². The third-order valence-electron chi connectivity index (χ3n) is 5.48. The standard InChI is InChI=1S/C21H24FN5O2S3/c1-15-3-6-18(13-16(15)2)23-20-24-27(21(30)31-20)14-25-9-11-26(12-10-25)32(28,29)19-7-4-17(22)5-8-19/h3-8,13H,9-12,14H2,1-2H3,(H,23,24). The number of nitrogens with zero attached hydrogens (tertiary/aromatic N) is 4. The molecule has 32 heavy (non-hydrogen) atoms. The molecule has 0 aliphatic carbocycles. The predicted octanol–water partition coefficient (Wildman–Crippen LogP) is 4.14. The number of hydrogen-bond donors (Lipinski definition) is 1. The van der Waals surface area contributed by atoms with Crippen LogP contribution in [0.2, 0.25) is 0 Å². The maximum Gasteiger partial charge on any atom is 0.243 e. The first-order valence-corrected chi connectivity index (χ1v) is 12.8. The van der Waals surface area contributed by atoms with Gasteiger partial charge in [0, 0.05) is 31.9 Å². The van der Waals surface area contributed by atoms with Gasteiger partial charge in [0.15, 0.2) is 3.95 Å². The minimum Gasteiger partial charge on any atom is -0.330 e. The number of aryl methyl sites for hydroxylation is 2. The van der Waals surface area contributed by atoms with Gasteiger partial charge in [0.25, 0.3) is 0 Å². The SMILES string of the molecule is Cc1ccc(Nc2nn(CN3CCN(S(=O)(=O)c4ccc(F)cc4)CC3)c(=S)s2)cc1C. The van der Waals surface area contributed by atoms with E-state index in [1.54, 1.807) is 4.68 Å². The summed E-state index contributed by atoms with van der Waals surface area (Å²) in [7, 11) is -3.63. The van der Waals surface area contributed by atoms with Gasteiger partial charge in [-0.25, -0.2) is 17.5 Å². The number of rotatable bonds is 6. The molecule has 1 aliphatic rings. The van der Waals surface area contributed by atoms with E-state index in [1.807, 2.05) is 6.07 Å². The maximum absolute atomic E-state index is 13.1. The fourth-order valence-corrected chi connectivity index (χ4v) is 5.88. The fraction of sp³-hybridized carbons (Fsp3) is 0.333. The van der Waals surface area contributed by atoms with Crippen molar-refractivity contribution in [1.82, 2.24) is 19.0 Å². The number of nitrogens with one attached hydrogen (secondary N) is 1. The average molecular weight is 494 g/mol. The van der Waals surface area contributed by atoms with Gasteiger partial charge in [0.2, 0.25) is 15.2 Å². The molecule has 1 saturated heterocycles. The van der Waals surface area contributed by atoms with Crippen molar-refractivity contribution in [2.24, 2.45) is 0 Å². The molecule has 0 amide bonds. The second kappa shape index (κ2) is 9.36. The minimum absolute atomic E-state index is 0.108. The highest BCUT2D eigenvalue weighted by Crippen LogP contribution is 2.23. The number of aromatic nitrogens is 2. The van der Waals surface area contributed by atoms with Crippen LogP contribution in [0.1, 0.15) is 11.1 Å². The summed E-state index contributed by atoms with van der Waals surface area (Å²) in [4.78, 5) is 2.22. The molecule has 1 N–H and O–H groups in total. The fourth-order valence-electron chi connectivity index (χ4n) is 3.45. The molecule has 2 heterocycles. The largest absolute Gasteiger partial charge is 0.330 e. The summed E-state index contributed by atoms with van der Waals surface area (Å²) in [5.41, 5.74) is 3.39. The Balaban J connectivity index is 1.37. The lowest BCUT2D eigenvalue weighted by molar-refractivity contribution is 0.145. The van der Waals surface area contributed by atoms with Gasteiger partial charge in [-0.1, -0.05) is 17.4 Å². The van der Waals surface area contributed by atoms with Crippen LogP contribution in [0.5, 0.6) is 0 Å². The van der Waals surface area contributed by atoms with Gasteiger partial charge in [-0.2, -0.15) is 4.31 Å². The lowest BCUT2D eigenvalue weighted by Crippen LogP contribution is -2.48. The molecular formula is C21H24FN5O2S3. The van der Waals surface area contributed by atoms with Crippen LogP contribution in [0, 0.1) is 23.6 Å². The van der Waals surface area contributed by atoms with Gasteiger partial charge in [0.1, 0.15) is 5.82 Å². The molecular weight excluding hydrogens is 469 g/mol. The van der Waals surface area contributed by atoms with Crippen molar-refractivity contribution in [3.8, 4) is 0 Å². The van der Waals surface area contributed by atoms with Crippen LogP contribution in [-0.4, -0.2) is 53.6 Å². The highest BCUT2D eigenvalue weighted by Gasteiger charge is 2.28. The number of sulfonamides is 1. The predicted molar refractivity (Wildman–Crippen MR) is 127 cm³/mol. The van der Waals surface area contributed by atoms with Gasteiger partial charge < -0.3 is 5.32 Å². The van der Waals surface area contributed by atoms with Gasteiger partial charge >= 0.3 is 0 Å². The van der Waals surface area contributed by atoms with Crippen LogP contribution in [0.3, 0.4) is 0 Å². The molecule has 0 radical (unpaired) electrons. The van der Waals surface area contributed by atoms with Crippen molar-refractivity contribution in [2.45, 2.75) is 25.4 Å². The zero-order valence-corrected chi connectivity index (χ0v) is 20.2. The molecule has 11 heteroatoms. The second-order valence-electron chi connectivity index (χ2n) is 7.71. The quantitative estimate of drug-likeness (QED) is 0.521. The zero-order chi connectivity index (χ0) is 22.9. The summed E-state index contributed by atoms with van der Waals surface area (Å²) in [6, 6.07) is 11.1. The van der Waals surface area contributed by atoms with E-state index < -0.39 is 15.8 Å². The van der Waals surface area contributed by atoms with Gasteiger partial charge in [-0.05, 0) is 73.6 Å². The Morgan fingerprint density at radius 2 is 1.75 bits per heavy atom. The lowest BCUT2D eigenvalue weighted by atomic mass is 10.1.